The number of carbonyl (C=O) groups is 1. The Morgan fingerprint density at radius 1 is 1.03 bits per heavy atom. The van der Waals surface area contributed by atoms with E-state index < -0.39 is 40.9 Å². The molecule has 1 atom stereocenters. The zero-order valence-electron chi connectivity index (χ0n) is 15.5. The molecule has 0 saturated carbocycles. The van der Waals surface area contributed by atoms with Crippen molar-refractivity contribution in [2.24, 2.45) is 0 Å². The fourth-order valence-corrected chi connectivity index (χ4v) is 3.15. The van der Waals surface area contributed by atoms with E-state index in [0.29, 0.717) is 5.56 Å². The molecule has 0 radical (unpaired) electrons. The fourth-order valence-electron chi connectivity index (χ4n) is 3.15. The molecule has 3 aromatic rings. The number of benzene rings is 2. The third-order valence-corrected chi connectivity index (χ3v) is 4.66. The first-order chi connectivity index (χ1) is 13.7. The molecule has 0 aliphatic rings. The zero-order valence-corrected chi connectivity index (χ0v) is 15.5. The molecule has 0 unspecified atom stereocenters. The molecule has 1 heterocycles. The number of anilines is 1. The topological polar surface area (TPSA) is 65.2 Å². The van der Waals surface area contributed by atoms with E-state index in [1.54, 1.807) is 13.8 Å². The molecule has 0 fully saturated rings. The average molecular weight is 407 g/mol. The maximum Gasteiger partial charge on any atom is 0.322 e. The van der Waals surface area contributed by atoms with Crippen LogP contribution in [0.1, 0.15) is 25.5 Å². The van der Waals surface area contributed by atoms with Gasteiger partial charge < -0.3 is 15.2 Å². The Hall–Kier alpha value is -3.36. The number of fused-ring (bicyclic) bond motifs is 1. The summed E-state index contributed by atoms with van der Waals surface area (Å²) in [6, 6.07) is 3.38. The third kappa shape index (κ3) is 3.94. The first-order valence-electron chi connectivity index (χ1n) is 8.76. The summed E-state index contributed by atoms with van der Waals surface area (Å²) in [5.74, 6) is -4.43. The van der Waals surface area contributed by atoms with Crippen molar-refractivity contribution < 1.29 is 22.4 Å². The number of urea groups is 1. The van der Waals surface area contributed by atoms with Crippen molar-refractivity contribution in [3.05, 3.63) is 75.7 Å². The second-order valence-electron chi connectivity index (χ2n) is 6.41. The Bertz CT molecular complexity index is 1150. The van der Waals surface area contributed by atoms with Gasteiger partial charge in [-0.05, 0) is 49.1 Å². The number of pyridine rings is 1. The zero-order chi connectivity index (χ0) is 21.3. The van der Waals surface area contributed by atoms with E-state index in [2.05, 4.69) is 10.3 Å². The fraction of sp³-hybridized carbons (Fsp3) is 0.200. The van der Waals surface area contributed by atoms with Crippen LogP contribution in [0.5, 0.6) is 0 Å². The number of halogens is 4. The minimum Gasteiger partial charge on any atom is -0.328 e. The highest BCUT2D eigenvalue weighted by atomic mass is 19.2. The predicted octanol–water partition coefficient (Wildman–Crippen LogP) is 4.70. The van der Waals surface area contributed by atoms with Gasteiger partial charge in [-0.15, -0.1) is 0 Å². The van der Waals surface area contributed by atoms with E-state index in [4.69, 9.17) is 0 Å². The molecular weight excluding hydrogens is 390 g/mol. The van der Waals surface area contributed by atoms with Crippen LogP contribution in [-0.4, -0.2) is 22.5 Å². The van der Waals surface area contributed by atoms with Crippen LogP contribution in [0.15, 0.2) is 41.3 Å². The molecule has 0 bridgehead atoms. The van der Waals surface area contributed by atoms with Crippen LogP contribution in [0.2, 0.25) is 0 Å². The van der Waals surface area contributed by atoms with Gasteiger partial charge in [0.15, 0.2) is 23.3 Å². The van der Waals surface area contributed by atoms with Crippen LogP contribution in [0.3, 0.4) is 0 Å². The van der Waals surface area contributed by atoms with E-state index in [1.807, 2.05) is 0 Å². The Kier molecular flexibility index (Phi) is 5.58. The number of nitrogens with zero attached hydrogens (tertiary/aromatic N) is 1. The monoisotopic (exact) mass is 407 g/mol. The molecule has 9 heteroatoms. The van der Waals surface area contributed by atoms with Gasteiger partial charge in [0.2, 0.25) is 0 Å². The van der Waals surface area contributed by atoms with Gasteiger partial charge in [-0.2, -0.15) is 0 Å². The molecule has 5 nitrogen and oxygen atoms in total. The smallest absolute Gasteiger partial charge is 0.322 e. The summed E-state index contributed by atoms with van der Waals surface area (Å²) in [5.41, 5.74) is -0.149. The molecule has 0 aliphatic carbocycles. The van der Waals surface area contributed by atoms with Gasteiger partial charge in [-0.1, -0.05) is 0 Å². The Morgan fingerprint density at radius 3 is 2.28 bits per heavy atom. The summed E-state index contributed by atoms with van der Waals surface area (Å²) in [4.78, 5) is 28.5. The lowest BCUT2D eigenvalue weighted by molar-refractivity contribution is 0.197. The minimum absolute atomic E-state index is 0.0506. The molecule has 0 saturated heterocycles. The second kappa shape index (κ2) is 7.94. The summed E-state index contributed by atoms with van der Waals surface area (Å²) in [7, 11) is 0. The highest BCUT2D eigenvalue weighted by molar-refractivity contribution is 5.91. The quantitative estimate of drug-likeness (QED) is 0.616. The van der Waals surface area contributed by atoms with Crippen molar-refractivity contribution in [3.8, 4) is 0 Å². The molecule has 3 rings (SSSR count). The molecular formula is C20H17F4N3O2. The molecule has 1 aromatic heterocycles. The van der Waals surface area contributed by atoms with Crippen LogP contribution in [0.25, 0.3) is 10.8 Å². The van der Waals surface area contributed by atoms with E-state index >= 15 is 0 Å². The molecule has 2 amide bonds. The lowest BCUT2D eigenvalue weighted by Gasteiger charge is -2.29. The third-order valence-electron chi connectivity index (χ3n) is 4.66. The van der Waals surface area contributed by atoms with Crippen LogP contribution < -0.4 is 10.9 Å². The summed E-state index contributed by atoms with van der Waals surface area (Å²) in [6.45, 7) is 3.54. The van der Waals surface area contributed by atoms with Gasteiger partial charge in [-0.25, -0.2) is 22.4 Å². The van der Waals surface area contributed by atoms with Crippen molar-refractivity contribution in [2.45, 2.75) is 19.9 Å². The Labute approximate surface area is 163 Å². The van der Waals surface area contributed by atoms with E-state index in [9.17, 15) is 27.2 Å². The largest absolute Gasteiger partial charge is 0.328 e. The highest BCUT2D eigenvalue weighted by Crippen LogP contribution is 2.28. The maximum atomic E-state index is 13.8. The van der Waals surface area contributed by atoms with Gasteiger partial charge in [0.25, 0.3) is 5.56 Å². The van der Waals surface area contributed by atoms with Crippen LogP contribution in [0.4, 0.5) is 28.0 Å². The number of rotatable bonds is 4. The molecule has 2 N–H and O–H groups in total. The maximum absolute atomic E-state index is 13.8. The number of aromatic nitrogens is 1. The molecule has 0 aliphatic heterocycles. The van der Waals surface area contributed by atoms with E-state index in [-0.39, 0.29) is 23.0 Å². The summed E-state index contributed by atoms with van der Waals surface area (Å²) < 4.78 is 53.8. The number of H-pyrrole nitrogens is 1. The van der Waals surface area contributed by atoms with Crippen molar-refractivity contribution in [2.75, 3.05) is 11.9 Å². The van der Waals surface area contributed by atoms with Gasteiger partial charge >= 0.3 is 6.03 Å². The van der Waals surface area contributed by atoms with Crippen LogP contribution >= 0.6 is 0 Å². The van der Waals surface area contributed by atoms with E-state index in [0.717, 1.165) is 24.3 Å². The van der Waals surface area contributed by atoms with Crippen molar-refractivity contribution >= 4 is 22.5 Å². The SMILES string of the molecule is CCN(C(=O)Nc1ccc(F)c(F)c1)[C@@H](C)c1c[nH]c(=O)c2cc(F)c(F)cc12. The van der Waals surface area contributed by atoms with E-state index in [1.165, 1.54) is 17.2 Å². The number of carbonyl (C=O) groups excluding carboxylic acids is 1. The van der Waals surface area contributed by atoms with Crippen molar-refractivity contribution in [1.29, 1.82) is 0 Å². The lowest BCUT2D eigenvalue weighted by atomic mass is 10.0. The number of hydrogen-bond donors (Lipinski definition) is 2. The Morgan fingerprint density at radius 2 is 1.66 bits per heavy atom. The minimum atomic E-state index is -1.16. The van der Waals surface area contributed by atoms with Gasteiger partial charge in [0.05, 0.1) is 11.4 Å². The van der Waals surface area contributed by atoms with Gasteiger partial charge in [0, 0.05) is 24.5 Å². The van der Waals surface area contributed by atoms with Crippen LogP contribution in [-0.2, 0) is 0 Å². The second-order valence-corrected chi connectivity index (χ2v) is 6.41. The van der Waals surface area contributed by atoms with Crippen molar-refractivity contribution in [3.63, 3.8) is 0 Å². The molecule has 152 valence electrons. The number of amides is 2. The number of hydrogen-bond acceptors (Lipinski definition) is 2. The highest BCUT2D eigenvalue weighted by Gasteiger charge is 2.23. The number of nitrogens with one attached hydrogen (secondary N) is 2. The average Bonchev–Trinajstić information content (AvgIpc) is 2.67. The molecule has 2 aromatic carbocycles. The number of aromatic amines is 1. The first kappa shape index (κ1) is 20.4. The molecule has 0 spiro atoms. The first-order valence-corrected chi connectivity index (χ1v) is 8.76. The lowest BCUT2D eigenvalue weighted by Crippen LogP contribution is -2.37. The van der Waals surface area contributed by atoms with Crippen LogP contribution in [0, 0.1) is 23.3 Å². The summed E-state index contributed by atoms with van der Waals surface area (Å²) >= 11 is 0. The van der Waals surface area contributed by atoms with Gasteiger partial charge in [-0.3, -0.25) is 4.79 Å². The standard InChI is InChI=1S/C20H17F4N3O2/c1-3-27(20(29)26-11-4-5-15(21)16(22)6-11)10(2)14-9-25-19(28)13-8-18(24)17(23)7-12(13)14/h4-10H,3H2,1-2H3,(H,25,28)(H,26,29)/t10-/m0/s1. The predicted molar refractivity (Wildman–Crippen MR) is 101 cm³/mol. The molecule has 29 heavy (non-hydrogen) atoms. The summed E-state index contributed by atoms with van der Waals surface area (Å²) in [6.07, 6.45) is 1.33. The normalized spacial score (nSPS) is 12.1. The van der Waals surface area contributed by atoms with Crippen molar-refractivity contribution in [1.82, 2.24) is 9.88 Å². The van der Waals surface area contributed by atoms with Gasteiger partial charge in [0.1, 0.15) is 0 Å². The Balaban J connectivity index is 1.96. The summed E-state index contributed by atoms with van der Waals surface area (Å²) in [5, 5.41) is 2.58.